The molecule has 2 unspecified atom stereocenters. The third-order valence-corrected chi connectivity index (χ3v) is 8.83. The summed E-state index contributed by atoms with van der Waals surface area (Å²) in [6.45, 7) is 3.03. The van der Waals surface area contributed by atoms with Gasteiger partial charge >= 0.3 is 0 Å². The van der Waals surface area contributed by atoms with E-state index >= 15 is 0 Å². The zero-order valence-corrected chi connectivity index (χ0v) is 14.0. The lowest BCUT2D eigenvalue weighted by molar-refractivity contribution is 0.377. The molecule has 1 rings (SSSR count). The maximum Gasteiger partial charge on any atom is 0.183 e. The lowest BCUT2D eigenvalue weighted by Gasteiger charge is -2.39. The lowest BCUT2D eigenvalue weighted by atomic mass is 10.3. The summed E-state index contributed by atoms with van der Waals surface area (Å²) in [7, 11) is 6.82. The van der Waals surface area contributed by atoms with Gasteiger partial charge in [0.25, 0.3) is 0 Å². The van der Waals surface area contributed by atoms with Gasteiger partial charge in [-0.05, 0) is 48.2 Å². The van der Waals surface area contributed by atoms with E-state index in [0.717, 1.165) is 19.4 Å². The topological polar surface area (TPSA) is 51.2 Å². The maximum atomic E-state index is 12.2. The lowest BCUT2D eigenvalue weighted by Crippen LogP contribution is -2.44. The highest BCUT2D eigenvalue weighted by molar-refractivity contribution is 7.90. The van der Waals surface area contributed by atoms with Crippen molar-refractivity contribution in [1.82, 2.24) is 19.3 Å². The van der Waals surface area contributed by atoms with Crippen molar-refractivity contribution in [2.45, 2.75) is 25.3 Å². The van der Waals surface area contributed by atoms with Crippen molar-refractivity contribution in [2.75, 3.05) is 41.8 Å². The molecule has 1 aliphatic heterocycles. The van der Waals surface area contributed by atoms with Crippen LogP contribution in [-0.4, -0.2) is 65.5 Å². The van der Waals surface area contributed by atoms with Crippen LogP contribution in [0.4, 0.5) is 0 Å². The summed E-state index contributed by atoms with van der Waals surface area (Å²) in [6.07, 6.45) is 2.23. The van der Waals surface area contributed by atoms with E-state index < -0.39 is 18.5 Å². The SMILES string of the molecule is CCCCNC1N(C)P(N(C)C)(N(C)C)=NS1=O. The predicted octanol–water partition coefficient (Wildman–Crippen LogP) is 1.34. The van der Waals surface area contributed by atoms with Crippen molar-refractivity contribution in [1.29, 1.82) is 0 Å². The predicted molar refractivity (Wildman–Crippen MR) is 79.3 cm³/mol. The number of rotatable bonds is 6. The van der Waals surface area contributed by atoms with Gasteiger partial charge < -0.3 is 0 Å². The van der Waals surface area contributed by atoms with Crippen LogP contribution >= 0.6 is 7.51 Å². The summed E-state index contributed by atoms with van der Waals surface area (Å²) in [4.78, 5) is 0. The molecule has 18 heavy (non-hydrogen) atoms. The summed E-state index contributed by atoms with van der Waals surface area (Å²) in [5.74, 6) is 0. The van der Waals surface area contributed by atoms with Crippen LogP contribution in [0.1, 0.15) is 19.8 Å². The first-order chi connectivity index (χ1) is 8.37. The zero-order valence-electron chi connectivity index (χ0n) is 12.3. The summed E-state index contributed by atoms with van der Waals surface area (Å²) in [5, 5.41) is 3.35. The largest absolute Gasteiger partial charge is 0.289 e. The van der Waals surface area contributed by atoms with Crippen molar-refractivity contribution in [2.24, 2.45) is 4.15 Å². The third-order valence-electron chi connectivity index (χ3n) is 3.07. The van der Waals surface area contributed by atoms with E-state index in [1.807, 2.05) is 35.2 Å². The molecule has 0 aliphatic carbocycles. The van der Waals surface area contributed by atoms with Gasteiger partial charge in [-0.1, -0.05) is 13.3 Å². The van der Waals surface area contributed by atoms with Crippen LogP contribution in [0.15, 0.2) is 4.15 Å². The van der Waals surface area contributed by atoms with Crippen LogP contribution in [0.5, 0.6) is 0 Å². The molecule has 0 radical (unpaired) electrons. The number of nitrogens with one attached hydrogen (secondary N) is 1. The number of hydrogen-bond acceptors (Lipinski definition) is 5. The van der Waals surface area contributed by atoms with Crippen molar-refractivity contribution >= 4 is 18.5 Å². The Labute approximate surface area is 114 Å². The minimum absolute atomic E-state index is 0.172. The molecule has 108 valence electrons. The number of unbranched alkanes of at least 4 members (excludes halogenated alkanes) is 1. The average molecular weight is 295 g/mol. The molecule has 2 atom stereocenters. The van der Waals surface area contributed by atoms with E-state index in [2.05, 4.69) is 30.4 Å². The zero-order chi connectivity index (χ0) is 13.9. The molecule has 1 aliphatic rings. The molecule has 0 aromatic rings. The van der Waals surface area contributed by atoms with Gasteiger partial charge in [-0.3, -0.25) is 14.7 Å². The van der Waals surface area contributed by atoms with E-state index in [1.54, 1.807) is 0 Å². The molecule has 1 N–H and O–H groups in total. The van der Waals surface area contributed by atoms with Crippen LogP contribution < -0.4 is 5.32 Å². The Kier molecular flexibility index (Phi) is 5.96. The van der Waals surface area contributed by atoms with Crippen LogP contribution in [0.2, 0.25) is 0 Å². The average Bonchev–Trinajstić information content (AvgIpc) is 2.54. The maximum absolute atomic E-state index is 12.2. The molecular weight excluding hydrogens is 269 g/mol. The fourth-order valence-corrected chi connectivity index (χ4v) is 8.36. The van der Waals surface area contributed by atoms with Crippen molar-refractivity contribution in [3.63, 3.8) is 0 Å². The van der Waals surface area contributed by atoms with Crippen molar-refractivity contribution in [3.8, 4) is 0 Å². The Morgan fingerprint density at radius 3 is 2.28 bits per heavy atom. The molecule has 0 bridgehead atoms. The van der Waals surface area contributed by atoms with Crippen LogP contribution in [0, 0.1) is 0 Å². The van der Waals surface area contributed by atoms with Gasteiger partial charge in [0.2, 0.25) is 0 Å². The van der Waals surface area contributed by atoms with E-state index in [9.17, 15) is 4.21 Å². The fraction of sp³-hybridized carbons (Fsp3) is 1.00. The highest BCUT2D eigenvalue weighted by atomic mass is 32.2. The second-order valence-electron chi connectivity index (χ2n) is 4.82. The molecule has 0 saturated heterocycles. The quantitative estimate of drug-likeness (QED) is 0.592. The molecule has 6 nitrogen and oxygen atoms in total. The normalized spacial score (nSPS) is 28.0. The van der Waals surface area contributed by atoms with E-state index in [1.165, 1.54) is 0 Å². The highest BCUT2D eigenvalue weighted by Gasteiger charge is 2.44. The van der Waals surface area contributed by atoms with Gasteiger partial charge in [0, 0.05) is 0 Å². The molecular formula is C10H26N5OPS. The van der Waals surface area contributed by atoms with Gasteiger partial charge in [0.15, 0.2) is 24.0 Å². The minimum atomic E-state index is -1.98. The number of hydrogen-bond donors (Lipinski definition) is 1. The Bertz CT molecular complexity index is 348. The van der Waals surface area contributed by atoms with Crippen LogP contribution in [-0.2, 0) is 11.0 Å². The molecule has 0 amide bonds. The summed E-state index contributed by atoms with van der Waals surface area (Å²) >= 11 is 0. The summed E-state index contributed by atoms with van der Waals surface area (Å²) < 4.78 is 23.1. The molecule has 8 heteroatoms. The monoisotopic (exact) mass is 295 g/mol. The van der Waals surface area contributed by atoms with Crippen molar-refractivity contribution < 1.29 is 4.21 Å². The fourth-order valence-electron chi connectivity index (χ4n) is 2.16. The van der Waals surface area contributed by atoms with Gasteiger partial charge in [0.05, 0.1) is 0 Å². The van der Waals surface area contributed by atoms with Gasteiger partial charge in [-0.25, -0.2) is 8.88 Å². The number of nitrogens with zero attached hydrogens (tertiary/aromatic N) is 4. The molecule has 0 spiro atoms. The summed E-state index contributed by atoms with van der Waals surface area (Å²) in [5.41, 5.74) is -0.172. The Morgan fingerprint density at radius 2 is 1.89 bits per heavy atom. The molecule has 1 heterocycles. The Morgan fingerprint density at radius 1 is 1.33 bits per heavy atom. The second-order valence-corrected chi connectivity index (χ2v) is 9.78. The molecule has 0 fully saturated rings. The van der Waals surface area contributed by atoms with Crippen LogP contribution in [0.3, 0.4) is 0 Å². The van der Waals surface area contributed by atoms with E-state index in [0.29, 0.717) is 0 Å². The Hall–Kier alpha value is 0.220. The first kappa shape index (κ1) is 16.3. The second kappa shape index (κ2) is 6.59. The molecule has 0 aromatic carbocycles. The first-order valence-electron chi connectivity index (χ1n) is 6.23. The van der Waals surface area contributed by atoms with E-state index in [-0.39, 0.29) is 5.50 Å². The molecule has 0 aromatic heterocycles. The standard InChI is InChI=1S/C10H26N5OPS/c1-7-8-9-11-10-15(6)17(13(2)3,14(4)5)12-18(10)16/h10-11H,7-9H2,1-6H3. The van der Waals surface area contributed by atoms with E-state index in [4.69, 9.17) is 0 Å². The third kappa shape index (κ3) is 2.86. The minimum Gasteiger partial charge on any atom is -0.289 e. The summed E-state index contributed by atoms with van der Waals surface area (Å²) in [6, 6.07) is 0. The molecule has 0 saturated carbocycles. The van der Waals surface area contributed by atoms with Crippen molar-refractivity contribution in [3.05, 3.63) is 0 Å². The Balaban J connectivity index is 2.91. The first-order valence-corrected chi connectivity index (χ1v) is 9.00. The van der Waals surface area contributed by atoms with Gasteiger partial charge in [-0.15, -0.1) is 0 Å². The smallest absolute Gasteiger partial charge is 0.183 e. The van der Waals surface area contributed by atoms with Gasteiger partial charge in [0.1, 0.15) is 0 Å². The van der Waals surface area contributed by atoms with Gasteiger partial charge in [-0.2, -0.15) is 4.15 Å². The van der Waals surface area contributed by atoms with Crippen LogP contribution in [0.25, 0.3) is 0 Å². The highest BCUT2D eigenvalue weighted by Crippen LogP contribution is 2.60.